The van der Waals surface area contributed by atoms with Crippen LogP contribution in [0.4, 0.5) is 4.79 Å². The molecule has 0 radical (unpaired) electrons. The predicted molar refractivity (Wildman–Crippen MR) is 84.5 cm³/mol. The van der Waals surface area contributed by atoms with E-state index in [2.05, 4.69) is 9.88 Å². The molecule has 1 atom stereocenters. The minimum atomic E-state index is -0.172. The Hall–Kier alpha value is -1.95. The van der Waals surface area contributed by atoms with Crippen molar-refractivity contribution in [3.63, 3.8) is 0 Å². The molecule has 0 spiro atoms. The van der Waals surface area contributed by atoms with Gasteiger partial charge >= 0.3 is 6.03 Å². The first-order chi connectivity index (χ1) is 11.2. The molecule has 4 heterocycles. The first-order valence-corrected chi connectivity index (χ1v) is 8.50. The summed E-state index contributed by atoms with van der Waals surface area (Å²) in [5.41, 5.74) is 1.07. The molecule has 6 heteroatoms. The minimum absolute atomic E-state index is 0.0377. The Balaban J connectivity index is 1.36. The monoisotopic (exact) mass is 314 g/mol. The maximum absolute atomic E-state index is 12.5. The molecule has 0 aliphatic carbocycles. The lowest BCUT2D eigenvalue weighted by molar-refractivity contribution is -0.130. The van der Waals surface area contributed by atoms with Gasteiger partial charge in [-0.15, -0.1) is 0 Å². The predicted octanol–water partition coefficient (Wildman–Crippen LogP) is 1.47. The van der Waals surface area contributed by atoms with Crippen molar-refractivity contribution in [1.29, 1.82) is 0 Å². The first-order valence-electron chi connectivity index (χ1n) is 8.50. The fourth-order valence-corrected chi connectivity index (χ4v) is 4.04. The van der Waals surface area contributed by atoms with Crippen LogP contribution in [0.2, 0.25) is 0 Å². The second-order valence-electron chi connectivity index (χ2n) is 6.67. The van der Waals surface area contributed by atoms with Crippen molar-refractivity contribution in [3.8, 4) is 0 Å². The van der Waals surface area contributed by atoms with Gasteiger partial charge in [0, 0.05) is 38.4 Å². The Bertz CT molecular complexity index is 576. The van der Waals surface area contributed by atoms with Crippen LogP contribution in [0.25, 0.3) is 0 Å². The molecule has 122 valence electrons. The third-order valence-corrected chi connectivity index (χ3v) is 5.26. The summed E-state index contributed by atoms with van der Waals surface area (Å²) >= 11 is 0. The number of carbonyl (C=O) groups excluding carboxylic acids is 2. The smallest absolute Gasteiger partial charge is 0.312 e. The van der Waals surface area contributed by atoms with E-state index in [1.807, 2.05) is 24.4 Å². The number of piperidine rings is 1. The van der Waals surface area contributed by atoms with E-state index in [9.17, 15) is 9.59 Å². The molecule has 1 unspecified atom stereocenters. The molecular weight excluding hydrogens is 292 g/mol. The summed E-state index contributed by atoms with van der Waals surface area (Å²) in [7, 11) is 0. The lowest BCUT2D eigenvalue weighted by atomic mass is 10.0. The zero-order chi connectivity index (χ0) is 15.8. The molecular formula is C17H22N4O2. The van der Waals surface area contributed by atoms with Crippen LogP contribution in [-0.2, 0) is 11.3 Å². The summed E-state index contributed by atoms with van der Waals surface area (Å²) in [4.78, 5) is 35.0. The quantitative estimate of drug-likeness (QED) is 0.793. The maximum Gasteiger partial charge on any atom is 0.327 e. The average molecular weight is 314 g/mol. The van der Waals surface area contributed by atoms with Crippen molar-refractivity contribution < 1.29 is 9.59 Å². The average Bonchev–Trinajstić information content (AvgIpc) is 3.14. The molecule has 0 aromatic carbocycles. The molecule has 23 heavy (non-hydrogen) atoms. The van der Waals surface area contributed by atoms with Gasteiger partial charge in [0.05, 0.1) is 5.69 Å². The topological polar surface area (TPSA) is 56.8 Å². The van der Waals surface area contributed by atoms with Crippen LogP contribution in [-0.4, -0.2) is 63.3 Å². The summed E-state index contributed by atoms with van der Waals surface area (Å²) in [5.74, 6) is 0.0377. The number of amides is 3. The number of hydrogen-bond acceptors (Lipinski definition) is 4. The van der Waals surface area contributed by atoms with Gasteiger partial charge in [-0.25, -0.2) is 4.79 Å². The molecule has 3 saturated heterocycles. The molecule has 3 fully saturated rings. The number of aromatic nitrogens is 1. The highest BCUT2D eigenvalue weighted by molar-refractivity contribution is 6.04. The number of carbonyl (C=O) groups is 2. The fraction of sp³-hybridized carbons (Fsp3) is 0.588. The molecule has 1 aromatic heterocycles. The van der Waals surface area contributed by atoms with Crippen molar-refractivity contribution in [3.05, 3.63) is 30.1 Å². The largest absolute Gasteiger partial charge is 0.327 e. The lowest BCUT2D eigenvalue weighted by Gasteiger charge is -2.35. The van der Waals surface area contributed by atoms with Crippen LogP contribution >= 0.6 is 0 Å². The number of hydrogen-bond donors (Lipinski definition) is 0. The molecule has 1 aromatic rings. The Morgan fingerprint density at radius 3 is 2.61 bits per heavy atom. The molecule has 3 aliphatic rings. The van der Waals surface area contributed by atoms with Crippen molar-refractivity contribution >= 4 is 11.9 Å². The highest BCUT2D eigenvalue weighted by Crippen LogP contribution is 2.31. The molecule has 0 saturated carbocycles. The summed E-state index contributed by atoms with van der Waals surface area (Å²) in [6, 6.07) is 5.81. The summed E-state index contributed by atoms with van der Waals surface area (Å²) < 4.78 is 0. The van der Waals surface area contributed by atoms with E-state index in [1.165, 1.54) is 0 Å². The molecule has 6 nitrogen and oxygen atoms in total. The van der Waals surface area contributed by atoms with Gasteiger partial charge < -0.3 is 4.90 Å². The van der Waals surface area contributed by atoms with Gasteiger partial charge in [0.15, 0.2) is 0 Å². The second-order valence-corrected chi connectivity index (χ2v) is 6.67. The fourth-order valence-electron chi connectivity index (χ4n) is 4.04. The highest BCUT2D eigenvalue weighted by Gasteiger charge is 2.49. The second kappa shape index (κ2) is 5.92. The number of urea groups is 1. The Morgan fingerprint density at radius 2 is 1.91 bits per heavy atom. The molecule has 3 amide bonds. The van der Waals surface area contributed by atoms with E-state index < -0.39 is 0 Å². The van der Waals surface area contributed by atoms with E-state index in [4.69, 9.17) is 0 Å². The Labute approximate surface area is 136 Å². The van der Waals surface area contributed by atoms with Crippen LogP contribution in [0.1, 0.15) is 31.4 Å². The van der Waals surface area contributed by atoms with Crippen molar-refractivity contribution in [2.24, 2.45) is 0 Å². The number of imide groups is 1. The summed E-state index contributed by atoms with van der Waals surface area (Å²) in [5, 5.41) is 0. The van der Waals surface area contributed by atoms with E-state index in [0.717, 1.165) is 57.6 Å². The first kappa shape index (κ1) is 14.6. The molecule has 3 aliphatic heterocycles. The van der Waals surface area contributed by atoms with Crippen LogP contribution in [0, 0.1) is 0 Å². The lowest BCUT2D eigenvalue weighted by Crippen LogP contribution is -2.48. The van der Waals surface area contributed by atoms with Crippen molar-refractivity contribution in [2.45, 2.75) is 44.3 Å². The number of rotatable bonds is 3. The summed E-state index contributed by atoms with van der Waals surface area (Å²) in [6.45, 7) is 3.39. The summed E-state index contributed by atoms with van der Waals surface area (Å²) in [6.07, 6.45) is 5.34. The molecule has 4 rings (SSSR count). The SMILES string of the molecule is O=C1C2CCCN2C(=O)N1C1CCN(Cc2ccccn2)CC1. The Morgan fingerprint density at radius 1 is 1.09 bits per heavy atom. The number of fused-ring (bicyclic) bond motifs is 1. The van der Waals surface area contributed by atoms with Crippen molar-refractivity contribution in [2.75, 3.05) is 19.6 Å². The van der Waals surface area contributed by atoms with Gasteiger partial charge in [0.25, 0.3) is 5.91 Å². The van der Waals surface area contributed by atoms with Crippen LogP contribution in [0.3, 0.4) is 0 Å². The maximum atomic E-state index is 12.5. The van der Waals surface area contributed by atoms with Gasteiger partial charge in [0.2, 0.25) is 0 Å². The van der Waals surface area contributed by atoms with Gasteiger partial charge in [-0.2, -0.15) is 0 Å². The third kappa shape index (κ3) is 2.61. The van der Waals surface area contributed by atoms with Crippen LogP contribution < -0.4 is 0 Å². The number of pyridine rings is 1. The number of nitrogens with zero attached hydrogens (tertiary/aromatic N) is 4. The van der Waals surface area contributed by atoms with Gasteiger partial charge in [-0.3, -0.25) is 19.6 Å². The van der Waals surface area contributed by atoms with E-state index in [-0.39, 0.29) is 24.0 Å². The van der Waals surface area contributed by atoms with E-state index in [1.54, 1.807) is 9.80 Å². The van der Waals surface area contributed by atoms with Gasteiger partial charge in [-0.05, 0) is 37.8 Å². The highest BCUT2D eigenvalue weighted by atomic mass is 16.2. The van der Waals surface area contributed by atoms with E-state index >= 15 is 0 Å². The van der Waals surface area contributed by atoms with E-state index in [0.29, 0.717) is 0 Å². The van der Waals surface area contributed by atoms with Crippen LogP contribution in [0.15, 0.2) is 24.4 Å². The third-order valence-electron chi connectivity index (χ3n) is 5.26. The standard InChI is InChI=1S/C17H22N4O2/c22-16-15-5-3-9-20(15)17(23)21(16)14-6-10-19(11-7-14)12-13-4-1-2-8-18-13/h1-2,4,8,14-15H,3,5-7,9-12H2. The van der Waals surface area contributed by atoms with Crippen LogP contribution in [0.5, 0.6) is 0 Å². The van der Waals surface area contributed by atoms with Crippen molar-refractivity contribution in [1.82, 2.24) is 19.7 Å². The minimum Gasteiger partial charge on any atom is -0.312 e. The van der Waals surface area contributed by atoms with Gasteiger partial charge in [-0.1, -0.05) is 6.07 Å². The Kier molecular flexibility index (Phi) is 3.77. The number of likely N-dealkylation sites (tertiary alicyclic amines) is 1. The molecule has 0 N–H and O–H groups in total. The zero-order valence-electron chi connectivity index (χ0n) is 13.2. The molecule has 0 bridgehead atoms. The zero-order valence-corrected chi connectivity index (χ0v) is 13.2. The van der Waals surface area contributed by atoms with Gasteiger partial charge in [0.1, 0.15) is 6.04 Å². The normalized spacial score (nSPS) is 26.2.